The van der Waals surface area contributed by atoms with Gasteiger partial charge in [0.1, 0.15) is 6.61 Å². The number of hydrogen-bond acceptors (Lipinski definition) is 5. The highest BCUT2D eigenvalue weighted by molar-refractivity contribution is 5.76. The van der Waals surface area contributed by atoms with E-state index in [1.807, 2.05) is 0 Å². The number of piperidine rings is 1. The number of aliphatic carboxylic acids is 1. The number of ether oxygens (including phenoxy) is 2. The lowest BCUT2D eigenvalue weighted by molar-refractivity contribution is -0.192. The third kappa shape index (κ3) is 7.75. The molecule has 0 bridgehead atoms. The molecule has 0 spiro atoms. The monoisotopic (exact) mass is 460 g/mol. The molecule has 2 aliphatic heterocycles. The molecule has 1 N–H and O–H groups in total. The molecule has 2 atom stereocenters. The number of likely N-dealkylation sites (tertiary alicyclic amines) is 1. The lowest BCUT2D eigenvalue weighted by atomic mass is 9.77. The fourth-order valence-corrected chi connectivity index (χ4v) is 3.94. The highest BCUT2D eigenvalue weighted by Gasteiger charge is 2.48. The van der Waals surface area contributed by atoms with Gasteiger partial charge in [-0.1, -0.05) is 30.3 Å². The van der Waals surface area contributed by atoms with Crippen molar-refractivity contribution in [1.82, 2.24) is 9.80 Å². The minimum atomic E-state index is -5.08. The quantitative estimate of drug-likeness (QED) is 0.674. The van der Waals surface area contributed by atoms with Crippen LogP contribution in [0.1, 0.15) is 18.4 Å². The normalized spacial score (nSPS) is 23.1. The number of carbonyl (C=O) groups excluding carboxylic acids is 1. The maximum atomic E-state index is 11.8. The molecule has 1 amide bonds. The molecule has 2 aliphatic rings. The molecule has 0 unspecified atom stereocenters. The van der Waals surface area contributed by atoms with E-state index in [4.69, 9.17) is 19.4 Å². The van der Waals surface area contributed by atoms with Gasteiger partial charge in [-0.05, 0) is 24.8 Å². The van der Waals surface area contributed by atoms with E-state index < -0.39 is 12.1 Å². The molecular weight excluding hydrogens is 429 g/mol. The van der Waals surface area contributed by atoms with Crippen LogP contribution in [0.4, 0.5) is 13.2 Å². The Labute approximate surface area is 186 Å². The minimum Gasteiger partial charge on any atom is -0.475 e. The Kier molecular flexibility index (Phi) is 9.47. The molecule has 32 heavy (non-hydrogen) atoms. The summed E-state index contributed by atoms with van der Waals surface area (Å²) in [5, 5.41) is 7.12. The highest BCUT2D eigenvalue weighted by atomic mass is 19.4. The first kappa shape index (κ1) is 26.1. The summed E-state index contributed by atoms with van der Waals surface area (Å²) in [6.07, 6.45) is -1.66. The number of fused-ring (bicyclic) bond motifs is 1. The van der Waals surface area contributed by atoms with Crippen molar-refractivity contribution in [2.24, 2.45) is 5.41 Å². The average molecular weight is 460 g/mol. The molecule has 0 saturated carbocycles. The van der Waals surface area contributed by atoms with Crippen molar-refractivity contribution in [2.75, 3.05) is 53.6 Å². The standard InChI is InChI=1S/C20H30N2O3.C2HF3O2/c1-21(2)19(23)14-24-16-20-10-13-25-18(20)9-12-22(15-20)11-8-17-6-4-3-5-7-17;3-2(4,5)1(6)7/h3-7,18H,8-16H2,1-2H3;(H,6,7)/t18-,20+;/m1./s1. The second-order valence-corrected chi connectivity index (χ2v) is 8.36. The van der Waals surface area contributed by atoms with Gasteiger partial charge in [0.05, 0.1) is 12.7 Å². The van der Waals surface area contributed by atoms with Gasteiger partial charge in [0.25, 0.3) is 0 Å². The van der Waals surface area contributed by atoms with Gasteiger partial charge in [-0.2, -0.15) is 13.2 Å². The molecule has 2 saturated heterocycles. The fourth-order valence-electron chi connectivity index (χ4n) is 3.94. The molecule has 3 rings (SSSR count). The van der Waals surface area contributed by atoms with Crippen LogP contribution < -0.4 is 0 Å². The van der Waals surface area contributed by atoms with E-state index in [1.54, 1.807) is 19.0 Å². The van der Waals surface area contributed by atoms with E-state index in [1.165, 1.54) is 5.56 Å². The Morgan fingerprint density at radius 2 is 1.94 bits per heavy atom. The zero-order valence-corrected chi connectivity index (χ0v) is 18.4. The van der Waals surface area contributed by atoms with E-state index in [2.05, 4.69) is 35.2 Å². The summed E-state index contributed by atoms with van der Waals surface area (Å²) in [6, 6.07) is 10.6. The first-order chi connectivity index (χ1) is 15.0. The largest absolute Gasteiger partial charge is 0.490 e. The summed E-state index contributed by atoms with van der Waals surface area (Å²) in [5.41, 5.74) is 1.43. The maximum Gasteiger partial charge on any atom is 0.490 e. The van der Waals surface area contributed by atoms with Crippen LogP contribution in [0, 0.1) is 5.41 Å². The van der Waals surface area contributed by atoms with Gasteiger partial charge in [0, 0.05) is 45.8 Å². The number of alkyl halides is 3. The predicted octanol–water partition coefficient (Wildman–Crippen LogP) is 2.45. The Balaban J connectivity index is 0.000000451. The Bertz CT molecular complexity index is 745. The molecule has 0 radical (unpaired) electrons. The van der Waals surface area contributed by atoms with Crippen molar-refractivity contribution in [3.05, 3.63) is 35.9 Å². The van der Waals surface area contributed by atoms with Crippen molar-refractivity contribution in [2.45, 2.75) is 31.5 Å². The third-order valence-electron chi connectivity index (χ3n) is 5.76. The molecule has 7 nitrogen and oxygen atoms in total. The fraction of sp³-hybridized carbons (Fsp3) is 0.636. The summed E-state index contributed by atoms with van der Waals surface area (Å²) in [6.45, 7) is 4.72. The number of rotatable bonds is 7. The number of carbonyl (C=O) groups is 2. The SMILES string of the molecule is CN(C)C(=O)COC[C@@]12CCO[C@@H]1CCN(CCc1ccccc1)C2.O=C(O)C(F)(F)F. The minimum absolute atomic E-state index is 0.0172. The first-order valence-electron chi connectivity index (χ1n) is 10.5. The van der Waals surface area contributed by atoms with Gasteiger partial charge in [0.15, 0.2) is 0 Å². The molecule has 1 aromatic rings. The highest BCUT2D eigenvalue weighted by Crippen LogP contribution is 2.41. The molecule has 2 heterocycles. The Morgan fingerprint density at radius 3 is 2.53 bits per heavy atom. The van der Waals surface area contributed by atoms with Crippen molar-refractivity contribution in [3.8, 4) is 0 Å². The Morgan fingerprint density at radius 1 is 1.28 bits per heavy atom. The summed E-state index contributed by atoms with van der Waals surface area (Å²) in [4.78, 5) is 24.8. The number of carboxylic acid groups (broad SMARTS) is 1. The van der Waals surface area contributed by atoms with Gasteiger partial charge in [-0.25, -0.2) is 4.79 Å². The van der Waals surface area contributed by atoms with Crippen LogP contribution in [0.2, 0.25) is 0 Å². The summed E-state index contributed by atoms with van der Waals surface area (Å²) in [7, 11) is 3.52. The third-order valence-corrected chi connectivity index (χ3v) is 5.76. The van der Waals surface area contributed by atoms with Crippen molar-refractivity contribution in [3.63, 3.8) is 0 Å². The van der Waals surface area contributed by atoms with E-state index in [-0.39, 0.29) is 24.0 Å². The van der Waals surface area contributed by atoms with Crippen LogP contribution in [-0.2, 0) is 25.5 Å². The van der Waals surface area contributed by atoms with Gasteiger partial charge >= 0.3 is 12.1 Å². The number of nitrogens with zero attached hydrogens (tertiary/aromatic N) is 2. The number of likely N-dealkylation sites (N-methyl/N-ethyl adjacent to an activating group) is 1. The van der Waals surface area contributed by atoms with Crippen molar-refractivity contribution in [1.29, 1.82) is 0 Å². The van der Waals surface area contributed by atoms with Crippen LogP contribution in [0.25, 0.3) is 0 Å². The molecule has 0 aliphatic carbocycles. The summed E-state index contributed by atoms with van der Waals surface area (Å²) in [5.74, 6) is -2.74. The Hall–Kier alpha value is -2.17. The number of carboxylic acids is 1. The first-order valence-corrected chi connectivity index (χ1v) is 10.5. The zero-order chi connectivity index (χ0) is 23.8. The van der Waals surface area contributed by atoms with Gasteiger partial charge in [-0.15, -0.1) is 0 Å². The van der Waals surface area contributed by atoms with Crippen LogP contribution in [0.15, 0.2) is 30.3 Å². The molecule has 1 aromatic carbocycles. The van der Waals surface area contributed by atoms with Crippen molar-refractivity contribution < 1.29 is 37.3 Å². The van der Waals surface area contributed by atoms with E-state index in [9.17, 15) is 18.0 Å². The maximum absolute atomic E-state index is 11.8. The van der Waals surface area contributed by atoms with E-state index >= 15 is 0 Å². The molecule has 2 fully saturated rings. The number of benzene rings is 1. The van der Waals surface area contributed by atoms with E-state index in [0.717, 1.165) is 45.5 Å². The molecular formula is C22H31F3N2O5. The molecule has 10 heteroatoms. The predicted molar refractivity (Wildman–Crippen MR) is 111 cm³/mol. The summed E-state index contributed by atoms with van der Waals surface area (Å²) >= 11 is 0. The van der Waals surface area contributed by atoms with Crippen LogP contribution >= 0.6 is 0 Å². The second kappa shape index (κ2) is 11.6. The van der Waals surface area contributed by atoms with Crippen LogP contribution in [-0.4, -0.2) is 92.6 Å². The topological polar surface area (TPSA) is 79.3 Å². The molecule has 180 valence electrons. The summed E-state index contributed by atoms with van der Waals surface area (Å²) < 4.78 is 43.5. The number of hydrogen-bond donors (Lipinski definition) is 1. The van der Waals surface area contributed by atoms with Crippen LogP contribution in [0.3, 0.4) is 0 Å². The van der Waals surface area contributed by atoms with Crippen LogP contribution in [0.5, 0.6) is 0 Å². The average Bonchev–Trinajstić information content (AvgIpc) is 3.15. The smallest absolute Gasteiger partial charge is 0.475 e. The lowest BCUT2D eigenvalue weighted by Gasteiger charge is -2.43. The van der Waals surface area contributed by atoms with E-state index in [0.29, 0.717) is 6.61 Å². The molecule has 0 aromatic heterocycles. The number of halogens is 3. The lowest BCUT2D eigenvalue weighted by Crippen LogP contribution is -2.52. The number of amides is 1. The van der Waals surface area contributed by atoms with Gasteiger partial charge in [-0.3, -0.25) is 4.79 Å². The van der Waals surface area contributed by atoms with Gasteiger partial charge < -0.3 is 24.4 Å². The second-order valence-electron chi connectivity index (χ2n) is 8.36. The zero-order valence-electron chi connectivity index (χ0n) is 18.4. The van der Waals surface area contributed by atoms with Crippen molar-refractivity contribution >= 4 is 11.9 Å². The van der Waals surface area contributed by atoms with Gasteiger partial charge in [0.2, 0.25) is 5.91 Å².